The number of alkyl halides is 1. The molecule has 29 heteroatoms. The molecule has 9 aromatic carbocycles. The van der Waals surface area contributed by atoms with Crippen LogP contribution in [0.15, 0.2) is 213 Å². The second-order valence-electron chi connectivity index (χ2n) is 19.9. The van der Waals surface area contributed by atoms with Gasteiger partial charge in [-0.25, -0.2) is 24.5 Å². The summed E-state index contributed by atoms with van der Waals surface area (Å²) < 4.78 is 65.1. The third-order valence-electron chi connectivity index (χ3n) is 14.0. The normalized spacial score (nSPS) is 10.5. The van der Waals surface area contributed by atoms with E-state index in [1.54, 1.807) is 163 Å². The van der Waals surface area contributed by atoms with Crippen LogP contribution in [0.3, 0.4) is 0 Å². The Morgan fingerprint density at radius 2 is 0.810 bits per heavy atom. The van der Waals surface area contributed by atoms with Crippen LogP contribution in [0.5, 0.6) is 46.0 Å². The van der Waals surface area contributed by atoms with Crippen LogP contribution in [-0.4, -0.2) is 110 Å². The molecule has 0 saturated heterocycles. The van der Waals surface area contributed by atoms with E-state index in [9.17, 15) is 24.6 Å². The van der Waals surface area contributed by atoms with Crippen LogP contribution >= 0.6 is 15.9 Å². The minimum absolute atomic E-state index is 0. The maximum absolute atomic E-state index is 12.5. The number of carboxylic acid groups (broad SMARTS) is 1. The number of aromatic nitrogens is 3. The number of aliphatic carboxylic acids is 1. The number of fused-ring (bicyclic) bond motifs is 3. The number of hydrogen-bond donors (Lipinski definition) is 3. The van der Waals surface area contributed by atoms with Gasteiger partial charge in [-0.2, -0.15) is 0 Å². The molecule has 542 valence electrons. The molecular weight excluding hydrogens is 1470 g/mol. The second-order valence-corrected chi connectivity index (χ2v) is 20.9. The number of aromatic hydroxyl groups is 1. The first kappa shape index (κ1) is 96.9. The van der Waals surface area contributed by atoms with E-state index in [0.717, 1.165) is 16.6 Å². The van der Waals surface area contributed by atoms with E-state index in [4.69, 9.17) is 66.3 Å². The van der Waals surface area contributed by atoms with Gasteiger partial charge in [0.15, 0.2) is 16.7 Å². The Morgan fingerprint density at radius 3 is 1.15 bits per heavy atom. The molecule has 0 fully saturated rings. The molecule has 105 heavy (non-hydrogen) atoms. The van der Waals surface area contributed by atoms with Crippen molar-refractivity contribution < 1.29 is 229 Å². The zero-order chi connectivity index (χ0) is 69.4. The van der Waals surface area contributed by atoms with Crippen molar-refractivity contribution in [1.29, 1.82) is 0 Å². The molecule has 0 aliphatic carbocycles. The molecule has 12 aromatic rings. The average molecular weight is 1550 g/mol. The van der Waals surface area contributed by atoms with Crippen molar-refractivity contribution in [1.82, 2.24) is 15.0 Å². The maximum atomic E-state index is 12.5. The minimum Gasteiger partial charge on any atom is -1.00 e. The number of phenols is 1. The summed E-state index contributed by atoms with van der Waals surface area (Å²) in [6.45, 7) is -0.175. The van der Waals surface area contributed by atoms with Crippen LogP contribution in [0.4, 0.5) is 0 Å². The molecule has 0 aliphatic heterocycles. The molecular formula is C76H81BrK2LiN3O22. The van der Waals surface area contributed by atoms with Gasteiger partial charge in [-0.05, 0) is 126 Å². The number of carbonyl (C=O) groups is 4. The second kappa shape index (κ2) is 48.9. The van der Waals surface area contributed by atoms with Crippen molar-refractivity contribution in [3.8, 4) is 80.4 Å². The summed E-state index contributed by atoms with van der Waals surface area (Å²) in [5.41, 5.74) is 8.40. The number of halogens is 1. The summed E-state index contributed by atoms with van der Waals surface area (Å²) in [6, 6.07) is 58.2. The largest absolute Gasteiger partial charge is 1.00 e. The fourth-order valence-electron chi connectivity index (χ4n) is 9.05. The molecule has 3 heterocycles. The number of para-hydroxylation sites is 6. The first-order valence-electron chi connectivity index (χ1n) is 29.0. The van der Waals surface area contributed by atoms with Crippen LogP contribution in [0.2, 0.25) is 0 Å². The third-order valence-corrected chi connectivity index (χ3v) is 14.9. The monoisotopic (exact) mass is 1550 g/mol. The van der Waals surface area contributed by atoms with Crippen molar-refractivity contribution in [2.75, 3.05) is 49.8 Å². The number of aliphatic hydroxyl groups is 1. The number of esters is 2. The van der Waals surface area contributed by atoms with Gasteiger partial charge in [0.25, 0.3) is 6.47 Å². The number of ether oxygens (including phenoxy) is 9. The molecule has 0 spiro atoms. The summed E-state index contributed by atoms with van der Waals surface area (Å²) in [5, 5.41) is 36.9. The molecule has 0 saturated carbocycles. The van der Waals surface area contributed by atoms with Gasteiger partial charge < -0.3 is 88.3 Å². The van der Waals surface area contributed by atoms with Gasteiger partial charge in [-0.15, -0.1) is 0 Å². The van der Waals surface area contributed by atoms with E-state index in [-0.39, 0.29) is 183 Å². The quantitative estimate of drug-likeness (QED) is 0.0184. The van der Waals surface area contributed by atoms with Gasteiger partial charge in [0.05, 0.1) is 73.1 Å². The van der Waals surface area contributed by atoms with Crippen molar-refractivity contribution in [2.24, 2.45) is 0 Å². The van der Waals surface area contributed by atoms with Crippen LogP contribution in [-0.2, 0) is 40.1 Å². The van der Waals surface area contributed by atoms with Crippen LogP contribution in [0, 0.1) is 0 Å². The van der Waals surface area contributed by atoms with Crippen LogP contribution < -0.4 is 160 Å². The van der Waals surface area contributed by atoms with Gasteiger partial charge in [0.2, 0.25) is 29.9 Å². The Bertz CT molecular complexity index is 4490. The standard InChI is InChI=1S/C24H21NO6.C23H19NO6.C14H11NO3.C10H11BrO3.CH2O3.4CH4.2K.Li.H2O.H/c1-27-16-10-8-15(9-11-16)22(24(26)29-3)30-20-13-12-17(28-2)14-18(20)23-25-19-6-4-5-7-21(19)31-23;1-27-15-9-7-14(8-10-15)21(23(25)26)29-19-12-11-16(28-2)13-17(19)22-24-18-5-3-4-6-20(18)30-22;1-17-9-6-7-12(16)10(8-9)14-15-11-4-2-3-5-13(11)18-14;1-14-10(13)9(11)8-4-2-7(6-12)3-5-8;2-1-4-3;;;;;;;;;/h4-14,22H,1-3H3;3-13,21H,1-2H3,(H,25,26);2-8,16H,1H3;2-5,9,12H,6H2,1H3;1,3H;4*1H4;;;;1H2;/q;;;;;;;;;3*+1;;-1/p-2. The molecule has 0 aliphatic rings. The number of hydrogen-bond acceptors (Lipinski definition) is 24. The molecule has 3 aromatic heterocycles. The fraction of sp³-hybridized carbons (Fsp3) is 0.197. The number of nitrogens with zero attached hydrogens (tertiary/aromatic N) is 3. The SMILES string of the molecule is C.C.C.C.COC(=O)C(Br)c1ccc(CO)cc1.COC(=O)C(Oc1ccc(OC)cc1-c1nc2ccccc2o1)c1ccc(OC)cc1.COc1ccc(C(Oc2ccc(OC)cc2-c2nc3ccccc3o2)C(=O)O)cc1.COc1ccc(O)c(-c2nc3ccccc3o2)c1.O=CO[O-].[H-].[K+].[K+].[Li+].[OH-]. The number of methoxy groups -OCH3 is 7. The smallest absolute Gasteiger partial charge is 1.00 e. The van der Waals surface area contributed by atoms with Gasteiger partial charge in [-0.1, -0.05) is 131 Å². The van der Waals surface area contributed by atoms with E-state index in [1.165, 1.54) is 14.2 Å². The van der Waals surface area contributed by atoms with Gasteiger partial charge in [0.1, 0.15) is 67.4 Å². The van der Waals surface area contributed by atoms with Crippen molar-refractivity contribution in [3.05, 3.63) is 222 Å². The van der Waals surface area contributed by atoms with Crippen molar-refractivity contribution in [2.45, 2.75) is 53.3 Å². The Kier molecular flexibility index (Phi) is 45.1. The summed E-state index contributed by atoms with van der Waals surface area (Å²) in [6.07, 6.45) is -2.22. The number of oxazole rings is 3. The minimum atomic E-state index is -1.23. The third kappa shape index (κ3) is 26.4. The van der Waals surface area contributed by atoms with E-state index >= 15 is 0 Å². The topological polar surface area (TPSA) is 352 Å². The molecule has 25 nitrogen and oxygen atoms in total. The van der Waals surface area contributed by atoms with Crippen LogP contribution in [0.1, 0.15) is 70.4 Å². The summed E-state index contributed by atoms with van der Waals surface area (Å²) in [4.78, 5) is 59.8. The van der Waals surface area contributed by atoms with Gasteiger partial charge >= 0.3 is 140 Å². The number of carbonyl (C=O) groups excluding carboxylic acids is 3. The van der Waals surface area contributed by atoms with E-state index in [1.807, 2.05) is 72.8 Å². The average Bonchev–Trinajstić information content (AvgIpc) is 1.53. The number of aliphatic hydroxyl groups excluding tert-OH is 1. The first-order chi connectivity index (χ1) is 47.1. The van der Waals surface area contributed by atoms with Crippen molar-refractivity contribution >= 4 is 73.6 Å². The van der Waals surface area contributed by atoms with E-state index in [0.29, 0.717) is 114 Å². The zero-order valence-electron chi connectivity index (χ0n) is 57.4. The number of rotatable bonds is 20. The molecule has 3 unspecified atom stereocenters. The van der Waals surface area contributed by atoms with E-state index < -0.39 is 29.0 Å². The Hall–Kier alpha value is -8.10. The summed E-state index contributed by atoms with van der Waals surface area (Å²) >= 11 is 3.22. The predicted octanol–water partition coefficient (Wildman–Crippen LogP) is 6.45. The molecule has 0 radical (unpaired) electrons. The molecule has 0 bridgehead atoms. The Balaban J connectivity index is 0. The number of carboxylic acids is 1. The zero-order valence-corrected chi connectivity index (χ0v) is 64.3. The van der Waals surface area contributed by atoms with Gasteiger partial charge in [-0.3, -0.25) is 9.59 Å². The van der Waals surface area contributed by atoms with E-state index in [2.05, 4.69) is 40.5 Å². The molecule has 3 atom stereocenters. The van der Waals surface area contributed by atoms with Gasteiger partial charge in [0, 0.05) is 11.1 Å². The molecule has 4 N–H and O–H groups in total. The fourth-order valence-corrected chi connectivity index (χ4v) is 9.54. The Morgan fingerprint density at radius 1 is 0.486 bits per heavy atom. The van der Waals surface area contributed by atoms with Crippen molar-refractivity contribution in [3.63, 3.8) is 0 Å². The maximum Gasteiger partial charge on any atom is 1.00 e. The molecule has 12 rings (SSSR count). The summed E-state index contributed by atoms with van der Waals surface area (Å²) in [5.74, 6) is 2.98. The summed E-state index contributed by atoms with van der Waals surface area (Å²) in [7, 11) is 10.5. The number of benzene rings is 9. The number of phenolic OH excluding ortho intramolecular Hbond substituents is 1. The predicted molar refractivity (Wildman–Crippen MR) is 385 cm³/mol. The Labute approximate surface area is 715 Å². The molecule has 0 amide bonds. The van der Waals surface area contributed by atoms with Crippen LogP contribution in [0.25, 0.3) is 67.7 Å². The first-order valence-corrected chi connectivity index (χ1v) is 29.9.